The van der Waals surface area contributed by atoms with Gasteiger partial charge in [0.25, 0.3) is 0 Å². The SMILES string of the molecule is CC(=O)NC(CNc1ccsc1)C(=O)O. The topological polar surface area (TPSA) is 78.4 Å². The minimum atomic E-state index is -1.05. The quantitative estimate of drug-likeness (QED) is 0.695. The largest absolute Gasteiger partial charge is 0.480 e. The van der Waals surface area contributed by atoms with Crippen LogP contribution in [0, 0.1) is 0 Å². The van der Waals surface area contributed by atoms with Crippen LogP contribution < -0.4 is 10.6 Å². The van der Waals surface area contributed by atoms with Crippen molar-refractivity contribution in [1.82, 2.24) is 5.32 Å². The third kappa shape index (κ3) is 3.99. The van der Waals surface area contributed by atoms with Crippen LogP contribution in [0.4, 0.5) is 5.69 Å². The molecule has 0 fully saturated rings. The van der Waals surface area contributed by atoms with Crippen LogP contribution in [0.15, 0.2) is 16.8 Å². The van der Waals surface area contributed by atoms with Gasteiger partial charge < -0.3 is 15.7 Å². The van der Waals surface area contributed by atoms with E-state index in [0.29, 0.717) is 0 Å². The first-order valence-corrected chi connectivity index (χ1v) is 5.30. The van der Waals surface area contributed by atoms with Crippen molar-refractivity contribution in [1.29, 1.82) is 0 Å². The van der Waals surface area contributed by atoms with Gasteiger partial charge in [-0.15, -0.1) is 0 Å². The van der Waals surface area contributed by atoms with Crippen molar-refractivity contribution in [2.45, 2.75) is 13.0 Å². The zero-order chi connectivity index (χ0) is 11.3. The lowest BCUT2D eigenvalue weighted by atomic mass is 10.3. The summed E-state index contributed by atoms with van der Waals surface area (Å²) in [7, 11) is 0. The van der Waals surface area contributed by atoms with E-state index in [1.807, 2.05) is 16.8 Å². The molecule has 1 aromatic rings. The number of carbonyl (C=O) groups excluding carboxylic acids is 1. The summed E-state index contributed by atoms with van der Waals surface area (Å²) < 4.78 is 0. The average Bonchev–Trinajstić information content (AvgIpc) is 2.63. The molecule has 1 heterocycles. The molecule has 1 rings (SSSR count). The lowest BCUT2D eigenvalue weighted by Crippen LogP contribution is -2.44. The van der Waals surface area contributed by atoms with Crippen molar-refractivity contribution in [2.24, 2.45) is 0 Å². The normalized spacial score (nSPS) is 11.8. The number of carboxylic acid groups (broad SMARTS) is 1. The van der Waals surface area contributed by atoms with Crippen molar-refractivity contribution in [3.63, 3.8) is 0 Å². The second kappa shape index (κ2) is 5.35. The molecule has 1 unspecified atom stereocenters. The Morgan fingerprint density at radius 1 is 1.60 bits per heavy atom. The molecule has 1 aromatic heterocycles. The van der Waals surface area contributed by atoms with E-state index < -0.39 is 12.0 Å². The average molecular weight is 228 g/mol. The third-order valence-electron chi connectivity index (χ3n) is 1.71. The highest BCUT2D eigenvalue weighted by atomic mass is 32.1. The molecule has 3 N–H and O–H groups in total. The summed E-state index contributed by atoms with van der Waals surface area (Å²) in [5.74, 6) is -1.40. The van der Waals surface area contributed by atoms with E-state index in [2.05, 4.69) is 10.6 Å². The van der Waals surface area contributed by atoms with Gasteiger partial charge in [0.2, 0.25) is 5.91 Å². The number of thiophene rings is 1. The highest BCUT2D eigenvalue weighted by Crippen LogP contribution is 2.11. The Kier molecular flexibility index (Phi) is 4.11. The molecule has 0 saturated carbocycles. The minimum Gasteiger partial charge on any atom is -0.480 e. The fraction of sp³-hybridized carbons (Fsp3) is 0.333. The first-order chi connectivity index (χ1) is 7.09. The van der Waals surface area contributed by atoms with Gasteiger partial charge in [-0.1, -0.05) is 0 Å². The molecule has 0 aliphatic carbocycles. The number of hydrogen-bond acceptors (Lipinski definition) is 4. The molecule has 5 nitrogen and oxygen atoms in total. The van der Waals surface area contributed by atoms with E-state index in [1.165, 1.54) is 18.3 Å². The van der Waals surface area contributed by atoms with Crippen molar-refractivity contribution in [3.8, 4) is 0 Å². The molecule has 0 saturated heterocycles. The molecule has 82 valence electrons. The summed E-state index contributed by atoms with van der Waals surface area (Å²) in [6.45, 7) is 1.46. The van der Waals surface area contributed by atoms with Gasteiger partial charge in [0.15, 0.2) is 0 Å². The Balaban J connectivity index is 2.45. The lowest BCUT2D eigenvalue weighted by molar-refractivity contribution is -0.141. The van der Waals surface area contributed by atoms with Crippen molar-refractivity contribution >= 4 is 28.9 Å². The molecule has 0 spiro atoms. The Hall–Kier alpha value is -1.56. The number of hydrogen-bond donors (Lipinski definition) is 3. The van der Waals surface area contributed by atoms with E-state index in [4.69, 9.17) is 5.11 Å². The summed E-state index contributed by atoms with van der Waals surface area (Å²) in [5, 5.41) is 17.8. The molecular formula is C9H12N2O3S. The van der Waals surface area contributed by atoms with Gasteiger partial charge in [-0.05, 0) is 11.4 Å². The molecule has 6 heteroatoms. The van der Waals surface area contributed by atoms with E-state index in [1.54, 1.807) is 0 Å². The number of anilines is 1. The number of nitrogens with one attached hydrogen (secondary N) is 2. The predicted octanol–water partition coefficient (Wildman–Crippen LogP) is 0.749. The molecule has 0 aromatic carbocycles. The van der Waals surface area contributed by atoms with Crippen molar-refractivity contribution < 1.29 is 14.7 Å². The standard InChI is InChI=1S/C9H12N2O3S/c1-6(12)11-8(9(13)14)4-10-7-2-3-15-5-7/h2-3,5,8,10H,4H2,1H3,(H,11,12)(H,13,14). The number of amides is 1. The number of carboxylic acids is 1. The van der Waals surface area contributed by atoms with Crippen LogP contribution in [0.5, 0.6) is 0 Å². The third-order valence-corrected chi connectivity index (χ3v) is 2.39. The molecule has 0 aliphatic heterocycles. The second-order valence-electron chi connectivity index (χ2n) is 2.98. The monoisotopic (exact) mass is 228 g/mol. The van der Waals surface area contributed by atoms with Gasteiger partial charge in [-0.3, -0.25) is 4.79 Å². The van der Waals surface area contributed by atoms with Crippen LogP contribution in [0.3, 0.4) is 0 Å². The second-order valence-corrected chi connectivity index (χ2v) is 3.76. The highest BCUT2D eigenvalue weighted by molar-refractivity contribution is 7.08. The molecule has 0 aliphatic rings. The Morgan fingerprint density at radius 3 is 2.80 bits per heavy atom. The predicted molar refractivity (Wildman–Crippen MR) is 58.0 cm³/mol. The van der Waals surface area contributed by atoms with Gasteiger partial charge in [-0.25, -0.2) is 4.79 Å². The summed E-state index contributed by atoms with van der Waals surface area (Å²) >= 11 is 1.52. The zero-order valence-electron chi connectivity index (χ0n) is 8.19. The molecule has 15 heavy (non-hydrogen) atoms. The molecular weight excluding hydrogens is 216 g/mol. The zero-order valence-corrected chi connectivity index (χ0v) is 9.00. The fourth-order valence-corrected chi connectivity index (χ4v) is 1.64. The van der Waals surface area contributed by atoms with Gasteiger partial charge in [0, 0.05) is 24.5 Å². The van der Waals surface area contributed by atoms with Gasteiger partial charge in [0.05, 0.1) is 0 Å². The number of aliphatic carboxylic acids is 1. The van der Waals surface area contributed by atoms with Crippen LogP contribution in [0.25, 0.3) is 0 Å². The van der Waals surface area contributed by atoms with E-state index in [-0.39, 0.29) is 12.5 Å². The summed E-state index contributed by atoms with van der Waals surface area (Å²) in [5.41, 5.74) is 0.858. The maximum Gasteiger partial charge on any atom is 0.328 e. The first-order valence-electron chi connectivity index (χ1n) is 4.35. The molecule has 1 atom stereocenters. The van der Waals surface area contributed by atoms with Crippen LogP contribution in [-0.2, 0) is 9.59 Å². The number of rotatable bonds is 5. The smallest absolute Gasteiger partial charge is 0.328 e. The minimum absolute atomic E-state index is 0.172. The fourth-order valence-electron chi connectivity index (χ4n) is 1.03. The van der Waals surface area contributed by atoms with Crippen LogP contribution in [0.1, 0.15) is 6.92 Å². The Morgan fingerprint density at radius 2 is 2.33 bits per heavy atom. The Bertz CT molecular complexity index is 337. The van der Waals surface area contributed by atoms with Crippen molar-refractivity contribution in [3.05, 3.63) is 16.8 Å². The molecule has 0 radical (unpaired) electrons. The van der Waals surface area contributed by atoms with E-state index >= 15 is 0 Å². The highest BCUT2D eigenvalue weighted by Gasteiger charge is 2.17. The van der Waals surface area contributed by atoms with Crippen LogP contribution >= 0.6 is 11.3 Å². The van der Waals surface area contributed by atoms with Crippen LogP contribution in [-0.4, -0.2) is 29.6 Å². The van der Waals surface area contributed by atoms with Gasteiger partial charge in [-0.2, -0.15) is 11.3 Å². The maximum absolute atomic E-state index is 10.7. The lowest BCUT2D eigenvalue weighted by Gasteiger charge is -2.13. The first kappa shape index (κ1) is 11.5. The molecule has 0 bridgehead atoms. The number of carbonyl (C=O) groups is 2. The summed E-state index contributed by atoms with van der Waals surface area (Å²) in [6, 6.07) is 0.944. The summed E-state index contributed by atoms with van der Waals surface area (Å²) in [4.78, 5) is 21.5. The van der Waals surface area contributed by atoms with Gasteiger partial charge in [0.1, 0.15) is 6.04 Å². The van der Waals surface area contributed by atoms with Crippen LogP contribution in [0.2, 0.25) is 0 Å². The van der Waals surface area contributed by atoms with E-state index in [0.717, 1.165) is 5.69 Å². The van der Waals surface area contributed by atoms with Crippen molar-refractivity contribution in [2.75, 3.05) is 11.9 Å². The van der Waals surface area contributed by atoms with Gasteiger partial charge >= 0.3 is 5.97 Å². The Labute approximate surface area is 91.1 Å². The maximum atomic E-state index is 10.7. The molecule has 1 amide bonds. The summed E-state index contributed by atoms with van der Waals surface area (Å²) in [6.07, 6.45) is 0. The van der Waals surface area contributed by atoms with E-state index in [9.17, 15) is 9.59 Å².